The van der Waals surface area contributed by atoms with Crippen LogP contribution in [0.3, 0.4) is 0 Å². The van der Waals surface area contributed by atoms with E-state index in [0.717, 1.165) is 11.7 Å². The van der Waals surface area contributed by atoms with E-state index in [1.165, 1.54) is 19.3 Å². The minimum atomic E-state index is 0.340. The quantitative estimate of drug-likeness (QED) is 0.523. The highest BCUT2D eigenvalue weighted by atomic mass is 32.2. The Balaban J connectivity index is 3.64. The van der Waals surface area contributed by atoms with Crippen molar-refractivity contribution in [3.05, 3.63) is 0 Å². The predicted molar refractivity (Wildman–Crippen MR) is 72.0 cm³/mol. The molecule has 1 atom stereocenters. The summed E-state index contributed by atoms with van der Waals surface area (Å²) >= 11 is 1.98. The highest BCUT2D eigenvalue weighted by Gasteiger charge is 2.14. The van der Waals surface area contributed by atoms with E-state index in [2.05, 4.69) is 40.0 Å². The van der Waals surface area contributed by atoms with Gasteiger partial charge in [0.15, 0.2) is 0 Å². The van der Waals surface area contributed by atoms with Crippen LogP contribution in [0.5, 0.6) is 0 Å². The molecule has 0 bridgehead atoms. The second-order valence-corrected chi connectivity index (χ2v) is 7.46. The Kier molecular flexibility index (Phi) is 7.66. The van der Waals surface area contributed by atoms with E-state index in [1.807, 2.05) is 11.8 Å². The largest absolute Gasteiger partial charge is 0.271 e. The number of rotatable bonds is 7. The lowest BCUT2D eigenvalue weighted by Gasteiger charge is -2.22. The highest BCUT2D eigenvalue weighted by Crippen LogP contribution is 2.24. The van der Waals surface area contributed by atoms with E-state index in [-0.39, 0.29) is 0 Å². The summed E-state index contributed by atoms with van der Waals surface area (Å²) in [6.45, 7) is 11.3. The third kappa shape index (κ3) is 10.6. The van der Waals surface area contributed by atoms with Gasteiger partial charge in [-0.1, -0.05) is 47.5 Å². The van der Waals surface area contributed by atoms with E-state index in [0.29, 0.717) is 10.8 Å². The van der Waals surface area contributed by atoms with E-state index in [1.54, 1.807) is 0 Å². The summed E-state index contributed by atoms with van der Waals surface area (Å²) in [7, 11) is 0. The SMILES string of the molecule is CC(C)CCCC(CSC(C)(C)C)NN. The number of nitrogens with two attached hydrogens (primary N) is 1. The fourth-order valence-corrected chi connectivity index (χ4v) is 2.30. The van der Waals surface area contributed by atoms with Crippen LogP contribution in [0.25, 0.3) is 0 Å². The Morgan fingerprint density at radius 1 is 1.20 bits per heavy atom. The number of hydrogen-bond donors (Lipinski definition) is 2. The monoisotopic (exact) mass is 232 g/mol. The third-order valence-electron chi connectivity index (χ3n) is 2.29. The summed E-state index contributed by atoms with van der Waals surface area (Å²) in [5, 5.41) is 0. The molecule has 0 spiro atoms. The molecule has 0 aromatic carbocycles. The minimum Gasteiger partial charge on any atom is -0.271 e. The second-order valence-electron chi connectivity index (χ2n) is 5.61. The topological polar surface area (TPSA) is 38.0 Å². The van der Waals surface area contributed by atoms with Crippen LogP contribution < -0.4 is 11.3 Å². The first-order valence-corrected chi connectivity index (χ1v) is 6.94. The molecule has 3 N–H and O–H groups in total. The van der Waals surface area contributed by atoms with E-state index in [9.17, 15) is 0 Å². The van der Waals surface area contributed by atoms with Crippen LogP contribution in [0.1, 0.15) is 53.9 Å². The molecule has 1 unspecified atom stereocenters. The fourth-order valence-electron chi connectivity index (χ4n) is 1.34. The Morgan fingerprint density at radius 3 is 2.20 bits per heavy atom. The van der Waals surface area contributed by atoms with Crippen molar-refractivity contribution in [2.45, 2.75) is 64.7 Å². The number of hydrogen-bond acceptors (Lipinski definition) is 3. The first kappa shape index (κ1) is 15.3. The van der Waals surface area contributed by atoms with Crippen LogP contribution in [0.4, 0.5) is 0 Å². The van der Waals surface area contributed by atoms with Gasteiger partial charge in [0.05, 0.1) is 0 Å². The molecule has 0 aliphatic rings. The van der Waals surface area contributed by atoms with Gasteiger partial charge in [-0.2, -0.15) is 11.8 Å². The maximum atomic E-state index is 5.56. The van der Waals surface area contributed by atoms with Gasteiger partial charge in [-0.15, -0.1) is 0 Å². The molecule has 92 valence electrons. The van der Waals surface area contributed by atoms with Crippen molar-refractivity contribution >= 4 is 11.8 Å². The van der Waals surface area contributed by atoms with Gasteiger partial charge in [0.2, 0.25) is 0 Å². The van der Waals surface area contributed by atoms with Gasteiger partial charge < -0.3 is 0 Å². The van der Waals surface area contributed by atoms with Crippen molar-refractivity contribution < 1.29 is 0 Å². The van der Waals surface area contributed by atoms with E-state index in [4.69, 9.17) is 5.84 Å². The third-order valence-corrected chi connectivity index (χ3v) is 3.72. The van der Waals surface area contributed by atoms with Crippen molar-refractivity contribution in [3.63, 3.8) is 0 Å². The van der Waals surface area contributed by atoms with Crippen molar-refractivity contribution in [2.75, 3.05) is 5.75 Å². The summed E-state index contributed by atoms with van der Waals surface area (Å²) in [5.41, 5.74) is 2.93. The van der Waals surface area contributed by atoms with Gasteiger partial charge in [0.25, 0.3) is 0 Å². The fraction of sp³-hybridized carbons (Fsp3) is 1.00. The smallest absolute Gasteiger partial charge is 0.0301 e. The Labute approximate surface area is 99.7 Å². The number of nitrogens with one attached hydrogen (secondary N) is 1. The van der Waals surface area contributed by atoms with Crippen molar-refractivity contribution in [1.82, 2.24) is 5.43 Å². The zero-order valence-electron chi connectivity index (χ0n) is 11.0. The summed E-state index contributed by atoms with van der Waals surface area (Å²) in [5.74, 6) is 7.47. The van der Waals surface area contributed by atoms with Gasteiger partial charge in [0, 0.05) is 16.5 Å². The Hall–Kier alpha value is 0.270. The van der Waals surface area contributed by atoms with Crippen molar-refractivity contribution in [1.29, 1.82) is 0 Å². The molecule has 0 aliphatic carbocycles. The summed E-state index contributed by atoms with van der Waals surface area (Å²) < 4.78 is 0.340. The van der Waals surface area contributed by atoms with Crippen LogP contribution in [0.2, 0.25) is 0 Å². The second kappa shape index (κ2) is 7.53. The standard InChI is InChI=1S/C12H28N2S/c1-10(2)7-6-8-11(14-13)9-15-12(3,4)5/h10-11,14H,6-9,13H2,1-5H3. The molecule has 3 heteroatoms. The lowest BCUT2D eigenvalue weighted by atomic mass is 10.0. The van der Waals surface area contributed by atoms with Crippen molar-refractivity contribution in [2.24, 2.45) is 11.8 Å². The molecule has 0 heterocycles. The molecule has 0 rings (SSSR count). The van der Waals surface area contributed by atoms with Crippen LogP contribution >= 0.6 is 11.8 Å². The molecule has 2 nitrogen and oxygen atoms in total. The summed E-state index contributed by atoms with van der Waals surface area (Å²) in [4.78, 5) is 0. The maximum absolute atomic E-state index is 5.56. The molecule has 0 saturated carbocycles. The van der Waals surface area contributed by atoms with Crippen molar-refractivity contribution in [3.8, 4) is 0 Å². The molecule has 0 amide bonds. The first-order chi connectivity index (χ1) is 6.85. The average molecular weight is 232 g/mol. The summed E-state index contributed by atoms with van der Waals surface area (Å²) in [6, 6.07) is 0.466. The number of thioether (sulfide) groups is 1. The van der Waals surface area contributed by atoms with Gasteiger partial charge in [-0.05, 0) is 12.3 Å². The van der Waals surface area contributed by atoms with Crippen LogP contribution in [-0.2, 0) is 0 Å². The first-order valence-electron chi connectivity index (χ1n) is 5.95. The highest BCUT2D eigenvalue weighted by molar-refractivity contribution is 8.00. The van der Waals surface area contributed by atoms with Crippen LogP contribution in [0, 0.1) is 5.92 Å². The van der Waals surface area contributed by atoms with Crippen LogP contribution in [0.15, 0.2) is 0 Å². The zero-order valence-corrected chi connectivity index (χ0v) is 11.8. The lowest BCUT2D eigenvalue weighted by Crippen LogP contribution is -2.37. The Morgan fingerprint density at radius 2 is 1.80 bits per heavy atom. The molecule has 0 fully saturated rings. The minimum absolute atomic E-state index is 0.340. The predicted octanol–water partition coefficient (Wildman–Crippen LogP) is 3.18. The number of hydrazine groups is 1. The van der Waals surface area contributed by atoms with E-state index >= 15 is 0 Å². The van der Waals surface area contributed by atoms with Crippen LogP contribution in [-0.4, -0.2) is 16.5 Å². The molecular weight excluding hydrogens is 204 g/mol. The molecule has 0 aromatic rings. The molecule has 15 heavy (non-hydrogen) atoms. The molecule has 0 radical (unpaired) electrons. The van der Waals surface area contributed by atoms with Gasteiger partial charge in [-0.25, -0.2) is 0 Å². The van der Waals surface area contributed by atoms with Gasteiger partial charge in [-0.3, -0.25) is 11.3 Å². The molecule has 0 saturated heterocycles. The van der Waals surface area contributed by atoms with Gasteiger partial charge >= 0.3 is 0 Å². The molecular formula is C12H28N2S. The van der Waals surface area contributed by atoms with Gasteiger partial charge in [0.1, 0.15) is 0 Å². The zero-order chi connectivity index (χ0) is 11.9. The lowest BCUT2D eigenvalue weighted by molar-refractivity contribution is 0.468. The normalized spacial score (nSPS) is 14.6. The maximum Gasteiger partial charge on any atom is 0.0301 e. The van der Waals surface area contributed by atoms with E-state index < -0.39 is 0 Å². The average Bonchev–Trinajstić information content (AvgIpc) is 2.08. The molecule has 0 aromatic heterocycles. The summed E-state index contributed by atoms with van der Waals surface area (Å²) in [6.07, 6.45) is 3.77. The molecule has 0 aliphatic heterocycles. The Bertz CT molecular complexity index is 152.